The van der Waals surface area contributed by atoms with E-state index in [2.05, 4.69) is 51.3 Å². The molecule has 1 atom stereocenters. The first-order chi connectivity index (χ1) is 14.4. The number of carboxylic acids is 1. The van der Waals surface area contributed by atoms with E-state index < -0.39 is 12.0 Å². The van der Waals surface area contributed by atoms with Gasteiger partial charge in [-0.3, -0.25) is 4.79 Å². The molecule has 0 aliphatic rings. The second kappa shape index (κ2) is 10.2. The van der Waals surface area contributed by atoms with Crippen LogP contribution in [0.4, 0.5) is 0 Å². The lowest BCUT2D eigenvalue weighted by molar-refractivity contribution is -0.138. The van der Waals surface area contributed by atoms with Crippen LogP contribution in [0.2, 0.25) is 0 Å². The topological polar surface area (TPSA) is 96.3 Å². The maximum absolute atomic E-state index is 11.0. The summed E-state index contributed by atoms with van der Waals surface area (Å²) in [4.78, 5) is 11.0. The molecule has 0 heterocycles. The smallest absolute Gasteiger partial charge is 0.320 e. The molecular weight excluding hydrogens is 606 g/mol. The van der Waals surface area contributed by atoms with E-state index in [0.29, 0.717) is 5.56 Å². The lowest BCUT2D eigenvalue weighted by atomic mass is 10.0. The van der Waals surface area contributed by atoms with E-state index in [-0.39, 0.29) is 6.42 Å². The lowest BCUT2D eigenvalue weighted by Crippen LogP contribution is -2.32. The summed E-state index contributed by atoms with van der Waals surface area (Å²) in [5, 5.41) is 17.9. The molecule has 3 aromatic carbocycles. The molecule has 1 unspecified atom stereocenters. The number of benzene rings is 3. The van der Waals surface area contributed by atoms with Crippen LogP contribution in [0.25, 0.3) is 0 Å². The molecular formula is C23H18I2N2O3. The molecule has 0 saturated carbocycles. The Hall–Kier alpha value is -2.16. The molecule has 3 N–H and O–H groups in total. The van der Waals surface area contributed by atoms with Gasteiger partial charge in [-0.05, 0) is 111 Å². The Balaban J connectivity index is 1.77. The van der Waals surface area contributed by atoms with Crippen molar-refractivity contribution in [3.63, 3.8) is 0 Å². The fraction of sp³-hybridized carbons (Fsp3) is 0.130. The zero-order valence-corrected chi connectivity index (χ0v) is 20.1. The van der Waals surface area contributed by atoms with Crippen LogP contribution in [0.1, 0.15) is 22.3 Å². The zero-order chi connectivity index (χ0) is 21.7. The van der Waals surface area contributed by atoms with Gasteiger partial charge in [0.2, 0.25) is 0 Å². The van der Waals surface area contributed by atoms with Crippen LogP contribution in [0, 0.1) is 18.5 Å². The van der Waals surface area contributed by atoms with E-state index in [9.17, 15) is 4.79 Å². The van der Waals surface area contributed by atoms with Crippen molar-refractivity contribution in [2.75, 3.05) is 0 Å². The van der Waals surface area contributed by atoms with E-state index in [4.69, 9.17) is 20.8 Å². The third kappa shape index (κ3) is 5.93. The van der Waals surface area contributed by atoms with E-state index in [1.54, 1.807) is 0 Å². The second-order valence-electron chi connectivity index (χ2n) is 6.77. The third-order valence-corrected chi connectivity index (χ3v) is 6.04. The minimum Gasteiger partial charge on any atom is -0.480 e. The quantitative estimate of drug-likeness (QED) is 0.357. The van der Waals surface area contributed by atoms with Crippen LogP contribution in [0.15, 0.2) is 60.7 Å². The van der Waals surface area contributed by atoms with Crippen molar-refractivity contribution in [2.45, 2.75) is 18.9 Å². The summed E-state index contributed by atoms with van der Waals surface area (Å²) in [5.74, 6) is 0.450. The largest absolute Gasteiger partial charge is 0.480 e. The highest BCUT2D eigenvalue weighted by Gasteiger charge is 2.16. The van der Waals surface area contributed by atoms with Gasteiger partial charge >= 0.3 is 5.97 Å². The minimum absolute atomic E-state index is 0.266. The predicted molar refractivity (Wildman–Crippen MR) is 132 cm³/mol. The average molecular weight is 624 g/mol. The maximum Gasteiger partial charge on any atom is 0.320 e. The number of nitrogens with zero attached hydrogens (tertiary/aromatic N) is 1. The van der Waals surface area contributed by atoms with Gasteiger partial charge in [-0.15, -0.1) is 0 Å². The molecule has 0 aliphatic heterocycles. The normalized spacial score (nSPS) is 11.5. The van der Waals surface area contributed by atoms with Gasteiger partial charge < -0.3 is 15.6 Å². The number of ether oxygens (including phenoxy) is 1. The van der Waals surface area contributed by atoms with Gasteiger partial charge in [0.1, 0.15) is 11.8 Å². The Kier molecular flexibility index (Phi) is 7.69. The molecule has 152 valence electrons. The molecule has 7 heteroatoms. The Bertz CT molecular complexity index is 1090. The molecule has 0 amide bonds. The highest BCUT2D eigenvalue weighted by atomic mass is 127. The molecule has 3 rings (SSSR count). The molecule has 0 spiro atoms. The summed E-state index contributed by atoms with van der Waals surface area (Å²) in [5.41, 5.74) is 9.39. The van der Waals surface area contributed by atoms with E-state index in [1.165, 1.54) is 0 Å². The van der Waals surface area contributed by atoms with Crippen LogP contribution < -0.4 is 10.5 Å². The van der Waals surface area contributed by atoms with Crippen LogP contribution in [-0.4, -0.2) is 17.1 Å². The van der Waals surface area contributed by atoms with E-state index in [1.807, 2.05) is 60.7 Å². The Labute approximate surface area is 202 Å². The third-order valence-electron chi connectivity index (χ3n) is 4.44. The average Bonchev–Trinajstić information content (AvgIpc) is 2.71. The summed E-state index contributed by atoms with van der Waals surface area (Å²) in [7, 11) is 0. The van der Waals surface area contributed by atoms with Gasteiger partial charge in [0, 0.05) is 0 Å². The van der Waals surface area contributed by atoms with Crippen molar-refractivity contribution >= 4 is 51.2 Å². The second-order valence-corrected chi connectivity index (χ2v) is 9.10. The highest BCUT2D eigenvalue weighted by molar-refractivity contribution is 14.1. The maximum atomic E-state index is 11.0. The molecule has 0 bridgehead atoms. The fourth-order valence-electron chi connectivity index (χ4n) is 2.94. The highest BCUT2D eigenvalue weighted by Crippen LogP contribution is 2.33. The van der Waals surface area contributed by atoms with Gasteiger partial charge in [-0.1, -0.05) is 24.3 Å². The van der Waals surface area contributed by atoms with Crippen molar-refractivity contribution in [1.29, 1.82) is 5.26 Å². The van der Waals surface area contributed by atoms with Gasteiger partial charge in [-0.2, -0.15) is 5.26 Å². The van der Waals surface area contributed by atoms with Crippen molar-refractivity contribution in [3.05, 3.63) is 90.1 Å². The summed E-state index contributed by atoms with van der Waals surface area (Å²) in [6, 6.07) is 20.5. The standard InChI is InChI=1S/C23H18I2N2O3/c24-19-10-17(12-21(27)23(28)29)11-20(25)22(19)30-18-3-1-2-16(9-18)8-14-4-6-15(13-26)7-5-14/h1-7,9-11,21H,8,12,27H2,(H,28,29). The number of rotatable bonds is 7. The zero-order valence-electron chi connectivity index (χ0n) is 15.8. The van der Waals surface area contributed by atoms with Crippen molar-refractivity contribution in [1.82, 2.24) is 0 Å². The molecule has 3 aromatic rings. The SMILES string of the molecule is N#Cc1ccc(Cc2cccc(Oc3c(I)cc(CC(N)C(=O)O)cc3I)c2)cc1. The van der Waals surface area contributed by atoms with Crippen LogP contribution in [0.5, 0.6) is 11.5 Å². The Morgan fingerprint density at radius 3 is 2.30 bits per heavy atom. The van der Waals surface area contributed by atoms with Crippen molar-refractivity contribution in [2.24, 2.45) is 5.73 Å². The van der Waals surface area contributed by atoms with E-state index >= 15 is 0 Å². The number of carbonyl (C=O) groups is 1. The summed E-state index contributed by atoms with van der Waals surface area (Å²) >= 11 is 4.38. The van der Waals surface area contributed by atoms with Crippen molar-refractivity contribution in [3.8, 4) is 17.6 Å². The molecule has 0 fully saturated rings. The van der Waals surface area contributed by atoms with Crippen molar-refractivity contribution < 1.29 is 14.6 Å². The number of hydrogen-bond acceptors (Lipinski definition) is 4. The number of halogens is 2. The van der Waals surface area contributed by atoms with Gasteiger partial charge in [0.05, 0.1) is 18.8 Å². The molecule has 30 heavy (non-hydrogen) atoms. The Morgan fingerprint density at radius 2 is 1.70 bits per heavy atom. The number of aliphatic carboxylic acids is 1. The van der Waals surface area contributed by atoms with Crippen LogP contribution in [-0.2, 0) is 17.6 Å². The van der Waals surface area contributed by atoms with Gasteiger partial charge in [0.15, 0.2) is 5.75 Å². The van der Waals surface area contributed by atoms with Crippen LogP contribution >= 0.6 is 45.2 Å². The molecule has 0 aliphatic carbocycles. The van der Waals surface area contributed by atoms with Crippen LogP contribution in [0.3, 0.4) is 0 Å². The number of nitrogens with two attached hydrogens (primary N) is 1. The number of hydrogen-bond donors (Lipinski definition) is 2. The van der Waals surface area contributed by atoms with Gasteiger partial charge in [0.25, 0.3) is 0 Å². The first-order valence-electron chi connectivity index (χ1n) is 9.08. The summed E-state index contributed by atoms with van der Waals surface area (Å²) < 4.78 is 7.94. The number of nitriles is 1. The fourth-order valence-corrected chi connectivity index (χ4v) is 5.06. The van der Waals surface area contributed by atoms with Gasteiger partial charge in [-0.25, -0.2) is 0 Å². The minimum atomic E-state index is -1.01. The van der Waals surface area contributed by atoms with E-state index in [0.717, 1.165) is 41.8 Å². The molecule has 5 nitrogen and oxygen atoms in total. The summed E-state index contributed by atoms with van der Waals surface area (Å²) in [6.07, 6.45) is 1.00. The Morgan fingerprint density at radius 1 is 1.03 bits per heavy atom. The molecule has 0 saturated heterocycles. The first kappa shape index (κ1) is 22.5. The summed E-state index contributed by atoms with van der Waals surface area (Å²) in [6.45, 7) is 0. The first-order valence-corrected chi connectivity index (χ1v) is 11.2. The lowest BCUT2D eigenvalue weighted by Gasteiger charge is -2.14. The number of carboxylic acid groups (broad SMARTS) is 1. The predicted octanol–water partition coefficient (Wildman–Crippen LogP) is 5.10. The molecule has 0 radical (unpaired) electrons. The monoisotopic (exact) mass is 624 g/mol. The molecule has 0 aromatic heterocycles.